The van der Waals surface area contributed by atoms with E-state index < -0.39 is 6.10 Å². The van der Waals surface area contributed by atoms with Crippen LogP contribution in [0.3, 0.4) is 0 Å². The van der Waals surface area contributed by atoms with E-state index in [1.54, 1.807) is 6.92 Å². The fourth-order valence-corrected chi connectivity index (χ4v) is 3.67. The average Bonchev–Trinajstić information content (AvgIpc) is 2.29. The van der Waals surface area contributed by atoms with E-state index in [4.69, 9.17) is 4.74 Å². The Kier molecular flexibility index (Phi) is 8.11. The van der Waals surface area contributed by atoms with Crippen molar-refractivity contribution in [2.24, 2.45) is 28.6 Å². The number of ether oxygens (including phenoxy) is 1. The van der Waals surface area contributed by atoms with E-state index in [0.29, 0.717) is 25.4 Å². The van der Waals surface area contributed by atoms with E-state index >= 15 is 0 Å². The number of hydrogen-bond donors (Lipinski definition) is 1. The summed E-state index contributed by atoms with van der Waals surface area (Å²) in [6, 6.07) is 0. The molecule has 0 aromatic rings. The topological polar surface area (TPSA) is 46.5 Å². The zero-order chi connectivity index (χ0) is 17.7. The molecular formula is C19H38O3. The number of carbonyl (C=O) groups excluding carboxylic acids is 1. The van der Waals surface area contributed by atoms with E-state index in [1.807, 2.05) is 0 Å². The Morgan fingerprint density at radius 1 is 1.05 bits per heavy atom. The predicted octanol–water partition coefficient (Wildman–Crippen LogP) is 4.67. The molecular weight excluding hydrogens is 276 g/mol. The molecule has 0 fully saturated rings. The fraction of sp³-hybridized carbons (Fsp3) is 0.947. The van der Waals surface area contributed by atoms with Crippen molar-refractivity contribution in [1.82, 2.24) is 0 Å². The van der Waals surface area contributed by atoms with Crippen LogP contribution in [0.1, 0.15) is 75.2 Å². The van der Waals surface area contributed by atoms with Gasteiger partial charge in [-0.1, -0.05) is 62.3 Å². The standard InChI is InChI=1S/C19H38O3/c1-10-15(20)22-12-11-14(18(4,5)6)17(21)16(13(2)3)19(7,8)9/h13-14,16-17,21H,10-12H2,1-9H3. The Hall–Kier alpha value is -0.570. The summed E-state index contributed by atoms with van der Waals surface area (Å²) in [4.78, 5) is 11.3. The molecule has 3 nitrogen and oxygen atoms in total. The highest BCUT2D eigenvalue weighted by Gasteiger charge is 2.41. The van der Waals surface area contributed by atoms with Gasteiger partial charge in [0, 0.05) is 6.42 Å². The predicted molar refractivity (Wildman–Crippen MR) is 92.6 cm³/mol. The highest BCUT2D eigenvalue weighted by molar-refractivity contribution is 5.68. The number of carbonyl (C=O) groups is 1. The molecule has 0 bridgehead atoms. The molecule has 0 amide bonds. The quantitative estimate of drug-likeness (QED) is 0.695. The Balaban J connectivity index is 5.13. The van der Waals surface area contributed by atoms with Crippen molar-refractivity contribution >= 4 is 5.97 Å². The molecule has 3 atom stereocenters. The molecule has 0 aliphatic carbocycles. The molecule has 0 saturated heterocycles. The van der Waals surface area contributed by atoms with Crippen molar-refractivity contribution in [2.45, 2.75) is 81.3 Å². The summed E-state index contributed by atoms with van der Waals surface area (Å²) >= 11 is 0. The zero-order valence-corrected chi connectivity index (χ0v) is 16.2. The Morgan fingerprint density at radius 3 is 1.86 bits per heavy atom. The van der Waals surface area contributed by atoms with Gasteiger partial charge in [-0.05, 0) is 35.0 Å². The lowest BCUT2D eigenvalue weighted by atomic mass is 9.63. The van der Waals surface area contributed by atoms with Crippen LogP contribution in [-0.4, -0.2) is 23.8 Å². The monoisotopic (exact) mass is 314 g/mol. The molecule has 0 rings (SSSR count). The summed E-state index contributed by atoms with van der Waals surface area (Å²) in [5.41, 5.74) is 0.00755. The summed E-state index contributed by atoms with van der Waals surface area (Å²) in [6.07, 6.45) is 0.704. The summed E-state index contributed by atoms with van der Waals surface area (Å²) in [6.45, 7) is 19.6. The maximum absolute atomic E-state index is 11.3. The maximum Gasteiger partial charge on any atom is 0.305 e. The van der Waals surface area contributed by atoms with Crippen LogP contribution in [0.5, 0.6) is 0 Å². The minimum Gasteiger partial charge on any atom is -0.466 e. The van der Waals surface area contributed by atoms with Gasteiger partial charge in [0.15, 0.2) is 0 Å². The summed E-state index contributed by atoms with van der Waals surface area (Å²) < 4.78 is 5.24. The number of hydrogen-bond acceptors (Lipinski definition) is 3. The van der Waals surface area contributed by atoms with Gasteiger partial charge in [-0.3, -0.25) is 4.79 Å². The van der Waals surface area contributed by atoms with Crippen LogP contribution in [0.4, 0.5) is 0 Å². The first-order valence-electron chi connectivity index (χ1n) is 8.66. The van der Waals surface area contributed by atoms with Gasteiger partial charge in [0.05, 0.1) is 12.7 Å². The van der Waals surface area contributed by atoms with E-state index in [1.165, 1.54) is 0 Å². The highest BCUT2D eigenvalue weighted by atomic mass is 16.5. The van der Waals surface area contributed by atoms with Crippen molar-refractivity contribution < 1.29 is 14.6 Å². The van der Waals surface area contributed by atoms with Gasteiger partial charge in [-0.15, -0.1) is 0 Å². The molecule has 3 unspecified atom stereocenters. The molecule has 0 saturated carbocycles. The number of aliphatic hydroxyl groups is 1. The molecule has 22 heavy (non-hydrogen) atoms. The molecule has 0 spiro atoms. The average molecular weight is 315 g/mol. The molecule has 0 radical (unpaired) electrons. The van der Waals surface area contributed by atoms with Gasteiger partial charge in [0.25, 0.3) is 0 Å². The Labute approximate surface area is 137 Å². The third-order valence-electron chi connectivity index (χ3n) is 4.59. The van der Waals surface area contributed by atoms with Gasteiger partial charge >= 0.3 is 5.97 Å². The van der Waals surface area contributed by atoms with Gasteiger partial charge in [0.2, 0.25) is 0 Å². The second kappa shape index (κ2) is 8.33. The second-order valence-corrected chi connectivity index (χ2v) is 8.96. The SMILES string of the molecule is CCC(=O)OCCC(C(O)C(C(C)C)C(C)(C)C)C(C)(C)C. The minimum absolute atomic E-state index is 0.0313. The van der Waals surface area contributed by atoms with Crippen LogP contribution in [0, 0.1) is 28.6 Å². The van der Waals surface area contributed by atoms with E-state index in [-0.39, 0.29) is 28.6 Å². The summed E-state index contributed by atoms with van der Waals surface area (Å²) in [5, 5.41) is 11.1. The Bertz CT molecular complexity index is 334. The molecule has 132 valence electrons. The largest absolute Gasteiger partial charge is 0.466 e. The third kappa shape index (κ3) is 6.68. The van der Waals surface area contributed by atoms with Crippen LogP contribution < -0.4 is 0 Å². The van der Waals surface area contributed by atoms with Gasteiger partial charge in [0.1, 0.15) is 0 Å². The van der Waals surface area contributed by atoms with Gasteiger partial charge in [-0.25, -0.2) is 0 Å². The van der Waals surface area contributed by atoms with Gasteiger partial charge in [-0.2, -0.15) is 0 Å². The van der Waals surface area contributed by atoms with Gasteiger partial charge < -0.3 is 9.84 Å². The first-order valence-corrected chi connectivity index (χ1v) is 8.66. The van der Waals surface area contributed by atoms with Crippen molar-refractivity contribution in [3.8, 4) is 0 Å². The molecule has 0 aromatic heterocycles. The fourth-order valence-electron chi connectivity index (χ4n) is 3.67. The van der Waals surface area contributed by atoms with Crippen LogP contribution >= 0.6 is 0 Å². The van der Waals surface area contributed by atoms with Crippen molar-refractivity contribution in [2.75, 3.05) is 6.61 Å². The van der Waals surface area contributed by atoms with E-state index in [2.05, 4.69) is 55.4 Å². The first-order chi connectivity index (χ1) is 9.82. The van der Waals surface area contributed by atoms with E-state index in [9.17, 15) is 9.90 Å². The maximum atomic E-state index is 11.3. The van der Waals surface area contributed by atoms with Crippen molar-refractivity contribution in [1.29, 1.82) is 0 Å². The normalized spacial score (nSPS) is 17.2. The second-order valence-electron chi connectivity index (χ2n) is 8.96. The lowest BCUT2D eigenvalue weighted by molar-refractivity contribution is -0.145. The lowest BCUT2D eigenvalue weighted by Gasteiger charge is -2.45. The molecule has 3 heteroatoms. The van der Waals surface area contributed by atoms with E-state index in [0.717, 1.165) is 0 Å². The lowest BCUT2D eigenvalue weighted by Crippen LogP contribution is -2.45. The number of esters is 1. The minimum atomic E-state index is -0.402. The van der Waals surface area contributed by atoms with Crippen LogP contribution in [0.2, 0.25) is 0 Å². The molecule has 0 aromatic carbocycles. The molecule has 0 aliphatic rings. The Morgan fingerprint density at radius 2 is 1.55 bits per heavy atom. The third-order valence-corrected chi connectivity index (χ3v) is 4.59. The molecule has 1 N–H and O–H groups in total. The summed E-state index contributed by atoms with van der Waals surface area (Å²) in [7, 11) is 0. The van der Waals surface area contributed by atoms with Crippen molar-refractivity contribution in [3.05, 3.63) is 0 Å². The number of rotatable bonds is 7. The number of aliphatic hydroxyl groups excluding tert-OH is 1. The van der Waals surface area contributed by atoms with Crippen LogP contribution in [0.15, 0.2) is 0 Å². The smallest absolute Gasteiger partial charge is 0.305 e. The zero-order valence-electron chi connectivity index (χ0n) is 16.2. The first kappa shape index (κ1) is 21.4. The summed E-state index contributed by atoms with van der Waals surface area (Å²) in [5.74, 6) is 0.541. The van der Waals surface area contributed by atoms with Crippen molar-refractivity contribution in [3.63, 3.8) is 0 Å². The molecule has 0 heterocycles. The van der Waals surface area contributed by atoms with Crippen LogP contribution in [-0.2, 0) is 9.53 Å². The molecule has 0 aliphatic heterocycles. The van der Waals surface area contributed by atoms with Crippen LogP contribution in [0.25, 0.3) is 0 Å². The highest BCUT2D eigenvalue weighted by Crippen LogP contribution is 2.42.